The molecule has 1 heterocycles. The zero-order valence-electron chi connectivity index (χ0n) is 13.4. The Hall–Kier alpha value is -1.81. The average molecular weight is 293 g/mol. The Morgan fingerprint density at radius 1 is 1.33 bits per heavy atom. The van der Waals surface area contributed by atoms with E-state index in [1.807, 2.05) is 32.0 Å². The summed E-state index contributed by atoms with van der Waals surface area (Å²) in [5.74, 6) is 1.13. The molecule has 0 saturated heterocycles. The third kappa shape index (κ3) is 5.23. The summed E-state index contributed by atoms with van der Waals surface area (Å²) in [6, 6.07) is 7.35. The van der Waals surface area contributed by atoms with Gasteiger partial charge in [-0.25, -0.2) is 0 Å². The molecule has 4 heteroatoms. The number of hydrogen-bond acceptors (Lipinski definition) is 4. The number of rotatable bonds is 7. The van der Waals surface area contributed by atoms with Crippen molar-refractivity contribution in [3.8, 4) is 5.75 Å². The largest absolute Gasteiger partial charge is 0.494 e. The lowest BCUT2D eigenvalue weighted by molar-refractivity contribution is 0.0989. The van der Waals surface area contributed by atoms with E-state index in [0.29, 0.717) is 18.0 Å². The third-order valence-corrected chi connectivity index (χ3v) is 2.85. The summed E-state index contributed by atoms with van der Waals surface area (Å²) in [5.41, 5.74) is 0.713. The molecular formula is C17H27NO3. The quantitative estimate of drug-likeness (QED) is 0.611. The van der Waals surface area contributed by atoms with Crippen molar-refractivity contribution in [2.45, 2.75) is 34.1 Å². The van der Waals surface area contributed by atoms with Gasteiger partial charge in [-0.2, -0.15) is 0 Å². The highest BCUT2D eigenvalue weighted by Crippen LogP contribution is 2.24. The number of Topliss-reactive ketones (excluding diaryl/α,β-unsaturated/α-hetero) is 1. The number of nitrogens with one attached hydrogen (secondary N) is 1. The molecule has 0 spiro atoms. The number of furan rings is 1. The number of fused-ring (bicyclic) bond motifs is 1. The van der Waals surface area contributed by atoms with Crippen LogP contribution in [0.2, 0.25) is 0 Å². The molecule has 0 atom stereocenters. The normalized spacial score (nSPS) is 10.1. The van der Waals surface area contributed by atoms with E-state index < -0.39 is 0 Å². The maximum atomic E-state index is 11.2. The molecule has 118 valence electrons. The highest BCUT2D eigenvalue weighted by molar-refractivity contribution is 5.96. The van der Waals surface area contributed by atoms with E-state index in [9.17, 15) is 4.79 Å². The van der Waals surface area contributed by atoms with Gasteiger partial charge in [-0.3, -0.25) is 4.79 Å². The molecule has 0 fully saturated rings. The Bertz CT molecular complexity index is 566. The van der Waals surface area contributed by atoms with E-state index in [4.69, 9.17) is 9.15 Å². The Labute approximate surface area is 128 Å². The first-order valence-corrected chi connectivity index (χ1v) is 7.58. The van der Waals surface area contributed by atoms with Gasteiger partial charge in [-0.15, -0.1) is 0 Å². The average Bonchev–Trinajstić information content (AvgIpc) is 2.92. The Morgan fingerprint density at radius 3 is 2.76 bits per heavy atom. The van der Waals surface area contributed by atoms with Gasteiger partial charge in [0, 0.05) is 13.7 Å². The molecule has 4 nitrogen and oxygen atoms in total. The van der Waals surface area contributed by atoms with Gasteiger partial charge in [-0.05, 0) is 43.8 Å². The van der Waals surface area contributed by atoms with Crippen LogP contribution in [0.3, 0.4) is 0 Å². The Kier molecular flexibility index (Phi) is 7.54. The molecule has 1 aromatic heterocycles. The first kappa shape index (κ1) is 17.2. The summed E-state index contributed by atoms with van der Waals surface area (Å²) in [5, 5.41) is 4.15. The van der Waals surface area contributed by atoms with Crippen LogP contribution in [-0.4, -0.2) is 25.5 Å². The van der Waals surface area contributed by atoms with Crippen molar-refractivity contribution in [1.82, 2.24) is 5.32 Å². The maximum Gasteiger partial charge on any atom is 0.194 e. The molecule has 2 rings (SSSR count). The van der Waals surface area contributed by atoms with Crippen molar-refractivity contribution >= 4 is 16.8 Å². The van der Waals surface area contributed by atoms with Crippen LogP contribution >= 0.6 is 0 Å². The lowest BCUT2D eigenvalue weighted by atomic mass is 10.2. The van der Waals surface area contributed by atoms with Gasteiger partial charge in [0.2, 0.25) is 0 Å². The molecule has 21 heavy (non-hydrogen) atoms. The highest BCUT2D eigenvalue weighted by atomic mass is 16.5. The standard InChI is InChI=1S/C15H19NO3.C2H6.H2/c1-3-16-7-4-8-18-13-5-6-14-12(9-13)10-15(19-14)11(2)17;1-2;/h5-6,9-10,16H,3-4,7-8H2,1-2H3;1-2H3;1H. The van der Waals surface area contributed by atoms with Crippen molar-refractivity contribution in [2.24, 2.45) is 0 Å². The molecule has 0 aliphatic carbocycles. The third-order valence-electron chi connectivity index (χ3n) is 2.85. The van der Waals surface area contributed by atoms with Crippen LogP contribution in [0.1, 0.15) is 46.1 Å². The van der Waals surface area contributed by atoms with Gasteiger partial charge >= 0.3 is 0 Å². The minimum atomic E-state index is -0.0655. The van der Waals surface area contributed by atoms with Gasteiger partial charge in [0.15, 0.2) is 11.5 Å². The van der Waals surface area contributed by atoms with E-state index in [1.54, 1.807) is 6.07 Å². The fourth-order valence-electron chi connectivity index (χ4n) is 1.85. The molecule has 0 unspecified atom stereocenters. The van der Waals surface area contributed by atoms with Crippen LogP contribution in [0.5, 0.6) is 5.75 Å². The molecule has 1 aromatic carbocycles. The fourth-order valence-corrected chi connectivity index (χ4v) is 1.85. The number of ketones is 1. The predicted octanol–water partition coefficient (Wildman–Crippen LogP) is 4.29. The van der Waals surface area contributed by atoms with Gasteiger partial charge < -0.3 is 14.5 Å². The number of hydrogen-bond donors (Lipinski definition) is 1. The van der Waals surface area contributed by atoms with Crippen LogP contribution in [0.15, 0.2) is 28.7 Å². The topological polar surface area (TPSA) is 51.5 Å². The minimum absolute atomic E-state index is 0. The molecule has 2 aromatic rings. The van der Waals surface area contributed by atoms with Crippen LogP contribution in [0.25, 0.3) is 11.0 Å². The number of carbonyl (C=O) groups is 1. The molecule has 0 saturated carbocycles. The van der Waals surface area contributed by atoms with Crippen molar-refractivity contribution < 1.29 is 15.4 Å². The van der Waals surface area contributed by atoms with Gasteiger partial charge in [0.1, 0.15) is 11.3 Å². The molecule has 1 N–H and O–H groups in total. The second kappa shape index (κ2) is 9.19. The second-order valence-corrected chi connectivity index (χ2v) is 4.42. The first-order valence-electron chi connectivity index (χ1n) is 7.58. The SMILES string of the molecule is CC.CCNCCCOc1ccc2oc(C(C)=O)cc2c1.[HH]. The van der Waals surface area contributed by atoms with Crippen molar-refractivity contribution in [2.75, 3.05) is 19.7 Å². The monoisotopic (exact) mass is 293 g/mol. The van der Waals surface area contributed by atoms with Crippen LogP contribution < -0.4 is 10.1 Å². The van der Waals surface area contributed by atoms with E-state index in [0.717, 1.165) is 30.6 Å². The zero-order valence-corrected chi connectivity index (χ0v) is 13.4. The van der Waals surface area contributed by atoms with E-state index >= 15 is 0 Å². The summed E-state index contributed by atoms with van der Waals surface area (Å²) in [7, 11) is 0. The first-order chi connectivity index (χ1) is 10.2. The summed E-state index contributed by atoms with van der Waals surface area (Å²) in [6.45, 7) is 10.2. The molecular weight excluding hydrogens is 266 g/mol. The Balaban J connectivity index is 0.00000141. The maximum absolute atomic E-state index is 11.2. The summed E-state index contributed by atoms with van der Waals surface area (Å²) in [6.07, 6.45) is 0.968. The molecule has 0 bridgehead atoms. The second-order valence-electron chi connectivity index (χ2n) is 4.42. The number of carbonyl (C=O) groups excluding carboxylic acids is 1. The van der Waals surface area contributed by atoms with Crippen molar-refractivity contribution in [3.05, 3.63) is 30.0 Å². The number of benzene rings is 1. The van der Waals surface area contributed by atoms with Gasteiger partial charge in [0.25, 0.3) is 0 Å². The molecule has 0 aliphatic heterocycles. The van der Waals surface area contributed by atoms with E-state index in [1.165, 1.54) is 6.92 Å². The molecule has 0 amide bonds. The van der Waals surface area contributed by atoms with E-state index in [-0.39, 0.29) is 7.21 Å². The lowest BCUT2D eigenvalue weighted by Crippen LogP contribution is -2.16. The van der Waals surface area contributed by atoms with Crippen LogP contribution in [-0.2, 0) is 0 Å². The Morgan fingerprint density at radius 2 is 2.10 bits per heavy atom. The summed E-state index contributed by atoms with van der Waals surface area (Å²) < 4.78 is 11.1. The molecule has 0 radical (unpaired) electrons. The molecule has 0 aliphatic rings. The van der Waals surface area contributed by atoms with Gasteiger partial charge in [0.05, 0.1) is 6.61 Å². The van der Waals surface area contributed by atoms with Crippen molar-refractivity contribution in [1.29, 1.82) is 0 Å². The number of ether oxygens (including phenoxy) is 1. The summed E-state index contributed by atoms with van der Waals surface area (Å²) in [4.78, 5) is 11.2. The lowest BCUT2D eigenvalue weighted by Gasteiger charge is -2.06. The van der Waals surface area contributed by atoms with E-state index in [2.05, 4.69) is 12.2 Å². The zero-order chi connectivity index (χ0) is 15.7. The summed E-state index contributed by atoms with van der Waals surface area (Å²) >= 11 is 0. The van der Waals surface area contributed by atoms with Crippen LogP contribution in [0.4, 0.5) is 0 Å². The highest BCUT2D eigenvalue weighted by Gasteiger charge is 2.08. The van der Waals surface area contributed by atoms with Gasteiger partial charge in [-0.1, -0.05) is 20.8 Å². The minimum Gasteiger partial charge on any atom is -0.494 e. The smallest absolute Gasteiger partial charge is 0.194 e. The van der Waals surface area contributed by atoms with Crippen LogP contribution in [0, 0.1) is 0 Å². The predicted molar refractivity (Wildman–Crippen MR) is 88.3 cm³/mol. The van der Waals surface area contributed by atoms with Crippen molar-refractivity contribution in [3.63, 3.8) is 0 Å². The fraction of sp³-hybridized carbons (Fsp3) is 0.471.